The normalized spacial score (nSPS) is 22.5. The van der Waals surface area contributed by atoms with Crippen molar-refractivity contribution >= 4 is 69.0 Å². The number of nitrogens with zero attached hydrogens (tertiary/aromatic N) is 4. The summed E-state index contributed by atoms with van der Waals surface area (Å²) in [6.45, 7) is 1.28. The molecule has 11 nitrogen and oxygen atoms in total. The molecule has 32 heavy (non-hydrogen) atoms. The van der Waals surface area contributed by atoms with Crippen molar-refractivity contribution in [2.45, 2.75) is 12.1 Å². The van der Waals surface area contributed by atoms with Crippen LogP contribution in [0.1, 0.15) is 5.69 Å². The molecule has 3 aliphatic rings. The van der Waals surface area contributed by atoms with Crippen LogP contribution in [0.15, 0.2) is 21.1 Å². The van der Waals surface area contributed by atoms with Crippen LogP contribution in [-0.4, -0.2) is 92.4 Å². The minimum atomic E-state index is -1.16. The van der Waals surface area contributed by atoms with E-state index in [1.54, 1.807) is 17.1 Å². The third-order valence-corrected chi connectivity index (χ3v) is 7.59. The molecule has 0 saturated carbocycles. The van der Waals surface area contributed by atoms with Gasteiger partial charge in [-0.2, -0.15) is 0 Å². The van der Waals surface area contributed by atoms with Crippen LogP contribution < -0.4 is 35.0 Å². The Morgan fingerprint density at radius 2 is 2.28 bits per heavy atom. The number of halogens is 1. The number of nitrogens with one attached hydrogen (secondary N) is 1. The lowest BCUT2D eigenvalue weighted by Crippen LogP contribution is -3.00. The summed E-state index contributed by atoms with van der Waals surface area (Å²) in [6.07, 6.45) is 0. The van der Waals surface area contributed by atoms with Gasteiger partial charge in [-0.3, -0.25) is 14.5 Å². The van der Waals surface area contributed by atoms with Gasteiger partial charge < -0.3 is 45.0 Å². The SMILES string of the molecule is CO/N=C(\C(=O)NC1C(=O)N2C(C(=O)O)=C(C[N+]3=CSCC3)SCC12)c1csc(N)n1.[I-]. The van der Waals surface area contributed by atoms with Gasteiger partial charge in [0.15, 0.2) is 29.5 Å². The summed E-state index contributed by atoms with van der Waals surface area (Å²) in [7, 11) is 1.29. The number of fused-ring (bicyclic) bond motifs is 1. The molecule has 0 spiro atoms. The van der Waals surface area contributed by atoms with Crippen LogP contribution in [0.5, 0.6) is 0 Å². The molecule has 2 unspecified atom stereocenters. The fourth-order valence-electron chi connectivity index (χ4n) is 3.46. The summed E-state index contributed by atoms with van der Waals surface area (Å²) in [5.41, 5.74) is 7.71. The molecular weight excluding hydrogens is 591 g/mol. The van der Waals surface area contributed by atoms with E-state index >= 15 is 0 Å². The highest BCUT2D eigenvalue weighted by atomic mass is 127. The Kier molecular flexibility index (Phi) is 8.05. The van der Waals surface area contributed by atoms with E-state index in [1.807, 2.05) is 10.1 Å². The van der Waals surface area contributed by atoms with Crippen molar-refractivity contribution in [3.05, 3.63) is 21.7 Å². The Balaban J connectivity index is 0.00000289. The number of thiazole rings is 1. The smallest absolute Gasteiger partial charge is 0.353 e. The zero-order valence-electron chi connectivity index (χ0n) is 16.7. The van der Waals surface area contributed by atoms with Crippen LogP contribution in [0.4, 0.5) is 5.13 Å². The third kappa shape index (κ3) is 4.74. The molecule has 0 aromatic carbocycles. The summed E-state index contributed by atoms with van der Waals surface area (Å²) in [6, 6.07) is -1.32. The summed E-state index contributed by atoms with van der Waals surface area (Å²) < 4.78 is 2.03. The summed E-state index contributed by atoms with van der Waals surface area (Å²) >= 11 is 4.21. The van der Waals surface area contributed by atoms with Crippen molar-refractivity contribution in [3.63, 3.8) is 0 Å². The number of carboxylic acids is 1. The number of nitrogen functional groups attached to an aromatic ring is 1. The predicted octanol–water partition coefficient (Wildman–Crippen LogP) is -3.39. The van der Waals surface area contributed by atoms with Gasteiger partial charge in [-0.1, -0.05) is 16.9 Å². The number of carboxylic acid groups (broad SMARTS) is 1. The van der Waals surface area contributed by atoms with E-state index in [0.717, 1.165) is 23.6 Å². The van der Waals surface area contributed by atoms with E-state index in [1.165, 1.54) is 23.8 Å². The van der Waals surface area contributed by atoms with Crippen LogP contribution in [0.2, 0.25) is 0 Å². The molecule has 15 heteroatoms. The van der Waals surface area contributed by atoms with Crippen molar-refractivity contribution in [1.82, 2.24) is 15.2 Å². The van der Waals surface area contributed by atoms with Gasteiger partial charge in [0.25, 0.3) is 11.8 Å². The van der Waals surface area contributed by atoms with Crippen molar-refractivity contribution in [2.75, 3.05) is 37.4 Å². The van der Waals surface area contributed by atoms with Crippen LogP contribution in [0.25, 0.3) is 0 Å². The minimum Gasteiger partial charge on any atom is -1.00 e. The van der Waals surface area contributed by atoms with Crippen molar-refractivity contribution < 1.29 is 52.9 Å². The second-order valence-corrected chi connectivity index (χ2v) is 9.71. The Hall–Kier alpha value is -1.85. The van der Waals surface area contributed by atoms with Crippen LogP contribution in [0.3, 0.4) is 0 Å². The first-order valence-corrected chi connectivity index (χ1v) is 12.1. The van der Waals surface area contributed by atoms with Crippen molar-refractivity contribution in [2.24, 2.45) is 5.16 Å². The number of hydrogen-bond acceptors (Lipinski definition) is 10. The zero-order valence-corrected chi connectivity index (χ0v) is 21.3. The lowest BCUT2D eigenvalue weighted by atomic mass is 9.94. The molecule has 1 aromatic rings. The number of β-lactam (4-membered cyclic amide) rings is 1. The number of hydrogen-bond donors (Lipinski definition) is 3. The van der Waals surface area contributed by atoms with E-state index < -0.39 is 29.9 Å². The number of anilines is 1. The topological polar surface area (TPSA) is 150 Å². The van der Waals surface area contributed by atoms with Gasteiger partial charge in [-0.15, -0.1) is 23.1 Å². The van der Waals surface area contributed by atoms with Gasteiger partial charge in [0, 0.05) is 11.1 Å². The van der Waals surface area contributed by atoms with Crippen LogP contribution in [0, 0.1) is 0 Å². The number of nitrogens with two attached hydrogens (primary N) is 1. The van der Waals surface area contributed by atoms with E-state index in [2.05, 4.69) is 15.5 Å². The summed E-state index contributed by atoms with van der Waals surface area (Å²) in [5, 5.41) is 17.9. The predicted molar refractivity (Wildman–Crippen MR) is 118 cm³/mol. The van der Waals surface area contributed by atoms with E-state index in [9.17, 15) is 19.5 Å². The second kappa shape index (κ2) is 10.4. The van der Waals surface area contributed by atoms with Gasteiger partial charge in [0.05, 0.1) is 16.7 Å². The number of aliphatic carboxylic acids is 1. The van der Waals surface area contributed by atoms with Crippen LogP contribution >= 0.6 is 34.9 Å². The molecule has 172 valence electrons. The minimum absolute atomic E-state index is 0. The maximum atomic E-state index is 12.8. The Bertz CT molecular complexity index is 1040. The average Bonchev–Trinajstić information content (AvgIpc) is 3.41. The molecule has 2 atom stereocenters. The molecule has 4 rings (SSSR count). The van der Waals surface area contributed by atoms with E-state index in [0.29, 0.717) is 17.2 Å². The third-order valence-electron chi connectivity index (χ3n) is 4.87. The molecule has 2 amide bonds. The maximum Gasteiger partial charge on any atom is 0.353 e. The Labute approximate surface area is 212 Å². The number of carbonyl (C=O) groups is 3. The number of amides is 2. The first-order chi connectivity index (χ1) is 14.9. The van der Waals surface area contributed by atoms with Gasteiger partial charge in [-0.25, -0.2) is 14.4 Å². The van der Waals surface area contributed by atoms with Gasteiger partial charge in [-0.05, 0) is 0 Å². The van der Waals surface area contributed by atoms with Crippen molar-refractivity contribution in [3.8, 4) is 0 Å². The quantitative estimate of drug-likeness (QED) is 0.0945. The van der Waals surface area contributed by atoms with E-state index in [4.69, 9.17) is 10.6 Å². The molecule has 0 radical (unpaired) electrons. The fourth-order valence-corrected chi connectivity index (χ4v) is 6.14. The lowest BCUT2D eigenvalue weighted by Gasteiger charge is -2.49. The molecule has 0 bridgehead atoms. The number of aromatic nitrogens is 1. The second-order valence-electron chi connectivity index (χ2n) is 6.75. The molecule has 1 aromatic heterocycles. The average molecular weight is 610 g/mol. The molecular formula is C17H19IN6O5S3. The molecule has 1 fully saturated rings. The first kappa shape index (κ1) is 24.8. The summed E-state index contributed by atoms with van der Waals surface area (Å²) in [4.78, 5) is 48.2. The maximum absolute atomic E-state index is 12.8. The molecule has 4 heterocycles. The number of thioether (sulfide) groups is 2. The summed E-state index contributed by atoms with van der Waals surface area (Å²) in [5.74, 6) is -0.843. The van der Waals surface area contributed by atoms with Gasteiger partial charge in [0.2, 0.25) is 0 Å². The highest BCUT2D eigenvalue weighted by Gasteiger charge is 2.54. The highest BCUT2D eigenvalue weighted by Crippen LogP contribution is 2.39. The molecule has 1 saturated heterocycles. The van der Waals surface area contributed by atoms with Crippen LogP contribution in [-0.2, 0) is 19.2 Å². The van der Waals surface area contributed by atoms with Gasteiger partial charge >= 0.3 is 5.97 Å². The van der Waals surface area contributed by atoms with Gasteiger partial charge in [0.1, 0.15) is 24.5 Å². The largest absolute Gasteiger partial charge is 1.00 e. The lowest BCUT2D eigenvalue weighted by molar-refractivity contribution is -0.504. The Morgan fingerprint density at radius 3 is 2.88 bits per heavy atom. The molecule has 3 aliphatic heterocycles. The highest BCUT2D eigenvalue weighted by molar-refractivity contribution is 8.12. The molecule has 4 N–H and O–H groups in total. The monoisotopic (exact) mass is 610 g/mol. The van der Waals surface area contributed by atoms with E-state index in [-0.39, 0.29) is 46.2 Å². The number of oxime groups is 1. The standard InChI is InChI=1S/C17H18N6O5S3.HI/c1-28-21-11(8-5-31-17(18)19-8)14(24)20-12-9-6-30-10(4-22-2-3-29-7-22)13(16(26)27)23(9)15(12)25;/h5,7,9,12H,2-4,6H2,1H3,(H3-,18,19,20,24,26,27);1H/b21-11-;. The first-order valence-electron chi connectivity index (χ1n) is 9.15. The Morgan fingerprint density at radius 1 is 1.50 bits per heavy atom. The molecule has 0 aliphatic carbocycles. The van der Waals surface area contributed by atoms with Crippen molar-refractivity contribution in [1.29, 1.82) is 0 Å². The fraction of sp³-hybridized carbons (Fsp3) is 0.412. The zero-order chi connectivity index (χ0) is 22.1. The number of carbonyl (C=O) groups excluding carboxylic acids is 2. The number of rotatable bonds is 7.